The molecule has 1 saturated heterocycles. The molecule has 2 N–H and O–H groups in total. The zero-order valence-electron chi connectivity index (χ0n) is 12.5. The van der Waals surface area contributed by atoms with Gasteiger partial charge in [0.15, 0.2) is 0 Å². The number of likely N-dealkylation sites (tertiary alicyclic amines) is 1. The Hall–Kier alpha value is -1.82. The summed E-state index contributed by atoms with van der Waals surface area (Å²) in [5.41, 5.74) is -0.955. The number of carbonyl (C=O) groups excluding carboxylic acids is 1. The summed E-state index contributed by atoms with van der Waals surface area (Å²) in [7, 11) is 0. The van der Waals surface area contributed by atoms with Crippen molar-refractivity contribution in [2.75, 3.05) is 13.1 Å². The molecule has 116 valence electrons. The van der Waals surface area contributed by atoms with E-state index in [4.69, 9.17) is 4.42 Å². The minimum Gasteiger partial charge on any atom is -0.480 e. The van der Waals surface area contributed by atoms with Gasteiger partial charge in [-0.3, -0.25) is 14.5 Å². The lowest BCUT2D eigenvalue weighted by Gasteiger charge is -2.41. The molecule has 1 aromatic heterocycles. The molecule has 0 spiro atoms. The van der Waals surface area contributed by atoms with Gasteiger partial charge in [0.1, 0.15) is 11.3 Å². The fourth-order valence-corrected chi connectivity index (χ4v) is 2.74. The van der Waals surface area contributed by atoms with Crippen molar-refractivity contribution in [2.24, 2.45) is 0 Å². The third kappa shape index (κ3) is 3.44. The van der Waals surface area contributed by atoms with Crippen molar-refractivity contribution in [2.45, 2.75) is 44.7 Å². The quantitative estimate of drug-likeness (QED) is 0.865. The van der Waals surface area contributed by atoms with Crippen LogP contribution in [0.4, 0.5) is 0 Å². The van der Waals surface area contributed by atoms with Gasteiger partial charge < -0.3 is 14.8 Å². The first-order chi connectivity index (χ1) is 9.93. The van der Waals surface area contributed by atoms with E-state index in [-0.39, 0.29) is 18.5 Å². The maximum Gasteiger partial charge on any atom is 0.323 e. The van der Waals surface area contributed by atoms with E-state index in [0.717, 1.165) is 12.8 Å². The number of aliphatic carboxylic acids is 1. The number of rotatable bonds is 5. The Morgan fingerprint density at radius 3 is 2.90 bits per heavy atom. The molecule has 0 aliphatic carbocycles. The smallest absolute Gasteiger partial charge is 0.323 e. The molecule has 6 nitrogen and oxygen atoms in total. The maximum atomic E-state index is 12.1. The molecule has 0 bridgehead atoms. The number of furan rings is 1. The molecule has 1 amide bonds. The predicted molar refractivity (Wildman–Crippen MR) is 76.7 cm³/mol. The molecule has 1 aliphatic heterocycles. The average Bonchev–Trinajstić information content (AvgIpc) is 2.95. The van der Waals surface area contributed by atoms with Crippen LogP contribution in [-0.2, 0) is 9.59 Å². The topological polar surface area (TPSA) is 82.8 Å². The molecule has 2 heterocycles. The molecule has 0 aromatic carbocycles. The number of hydrogen-bond donors (Lipinski definition) is 2. The predicted octanol–water partition coefficient (Wildman–Crippen LogP) is 1.79. The lowest BCUT2D eigenvalue weighted by molar-refractivity contribution is -0.153. The SMILES string of the molecule is CC(NC(=O)CN1CCCCC1(C)C(=O)O)c1ccco1. The molecule has 2 unspecified atom stereocenters. The molecule has 2 atom stereocenters. The zero-order chi connectivity index (χ0) is 15.5. The number of carboxylic acid groups (broad SMARTS) is 1. The summed E-state index contributed by atoms with van der Waals surface area (Å²) in [5, 5.41) is 12.3. The van der Waals surface area contributed by atoms with E-state index in [1.54, 1.807) is 30.2 Å². The van der Waals surface area contributed by atoms with Crippen LogP contribution in [-0.4, -0.2) is 40.5 Å². The van der Waals surface area contributed by atoms with Crippen LogP contribution in [0, 0.1) is 0 Å². The van der Waals surface area contributed by atoms with Crippen molar-refractivity contribution in [3.8, 4) is 0 Å². The van der Waals surface area contributed by atoms with Gasteiger partial charge in [-0.15, -0.1) is 0 Å². The van der Waals surface area contributed by atoms with E-state index in [9.17, 15) is 14.7 Å². The first-order valence-electron chi connectivity index (χ1n) is 7.24. The largest absolute Gasteiger partial charge is 0.480 e. The zero-order valence-corrected chi connectivity index (χ0v) is 12.5. The highest BCUT2D eigenvalue weighted by molar-refractivity contribution is 5.82. The van der Waals surface area contributed by atoms with Crippen LogP contribution in [0.2, 0.25) is 0 Å². The van der Waals surface area contributed by atoms with Gasteiger partial charge in [0, 0.05) is 0 Å². The van der Waals surface area contributed by atoms with E-state index >= 15 is 0 Å². The Kier molecular flexibility index (Phi) is 4.67. The Balaban J connectivity index is 1.96. The molecule has 1 aromatic rings. The highest BCUT2D eigenvalue weighted by Crippen LogP contribution is 2.27. The van der Waals surface area contributed by atoms with E-state index in [0.29, 0.717) is 18.7 Å². The van der Waals surface area contributed by atoms with E-state index in [1.807, 2.05) is 6.92 Å². The number of piperidine rings is 1. The Morgan fingerprint density at radius 2 is 2.29 bits per heavy atom. The van der Waals surface area contributed by atoms with E-state index < -0.39 is 11.5 Å². The molecule has 1 aliphatic rings. The van der Waals surface area contributed by atoms with Gasteiger partial charge in [-0.25, -0.2) is 0 Å². The third-order valence-electron chi connectivity index (χ3n) is 4.18. The summed E-state index contributed by atoms with van der Waals surface area (Å²) in [4.78, 5) is 25.4. The number of carbonyl (C=O) groups is 2. The van der Waals surface area contributed by atoms with Crippen molar-refractivity contribution >= 4 is 11.9 Å². The Labute approximate surface area is 124 Å². The summed E-state index contributed by atoms with van der Waals surface area (Å²) in [6, 6.07) is 3.34. The van der Waals surface area contributed by atoms with Gasteiger partial charge in [-0.2, -0.15) is 0 Å². The lowest BCUT2D eigenvalue weighted by Crippen LogP contribution is -2.57. The first kappa shape index (κ1) is 15.6. The summed E-state index contributed by atoms with van der Waals surface area (Å²) in [6.45, 7) is 4.25. The average molecular weight is 294 g/mol. The van der Waals surface area contributed by atoms with Crippen molar-refractivity contribution in [1.29, 1.82) is 0 Å². The van der Waals surface area contributed by atoms with Crippen molar-refractivity contribution in [3.63, 3.8) is 0 Å². The van der Waals surface area contributed by atoms with Crippen molar-refractivity contribution in [3.05, 3.63) is 24.2 Å². The van der Waals surface area contributed by atoms with Crippen LogP contribution in [0.1, 0.15) is 44.9 Å². The van der Waals surface area contributed by atoms with Crippen LogP contribution in [0.5, 0.6) is 0 Å². The number of nitrogens with one attached hydrogen (secondary N) is 1. The summed E-state index contributed by atoms with van der Waals surface area (Å²) in [5.74, 6) is -0.370. The monoisotopic (exact) mass is 294 g/mol. The summed E-state index contributed by atoms with van der Waals surface area (Å²) in [6.07, 6.45) is 3.93. The van der Waals surface area contributed by atoms with Gasteiger partial charge in [-0.1, -0.05) is 0 Å². The number of nitrogens with zero attached hydrogens (tertiary/aromatic N) is 1. The Morgan fingerprint density at radius 1 is 1.52 bits per heavy atom. The maximum absolute atomic E-state index is 12.1. The van der Waals surface area contributed by atoms with Crippen LogP contribution in [0.15, 0.2) is 22.8 Å². The lowest BCUT2D eigenvalue weighted by atomic mass is 9.88. The summed E-state index contributed by atoms with van der Waals surface area (Å²) >= 11 is 0. The third-order valence-corrected chi connectivity index (χ3v) is 4.18. The van der Waals surface area contributed by atoms with Crippen LogP contribution in [0.3, 0.4) is 0 Å². The number of hydrogen-bond acceptors (Lipinski definition) is 4. The molecule has 2 rings (SSSR count). The number of carboxylic acids is 1. The second-order valence-electron chi connectivity index (χ2n) is 5.76. The van der Waals surface area contributed by atoms with Crippen LogP contribution < -0.4 is 5.32 Å². The van der Waals surface area contributed by atoms with Gasteiger partial charge >= 0.3 is 5.97 Å². The highest BCUT2D eigenvalue weighted by Gasteiger charge is 2.42. The van der Waals surface area contributed by atoms with Crippen molar-refractivity contribution in [1.82, 2.24) is 10.2 Å². The molecule has 6 heteroatoms. The number of amides is 1. The molecular weight excluding hydrogens is 272 g/mol. The minimum atomic E-state index is -0.955. The van der Waals surface area contributed by atoms with Gasteiger partial charge in [0.25, 0.3) is 0 Å². The fraction of sp³-hybridized carbons (Fsp3) is 0.600. The van der Waals surface area contributed by atoms with Crippen LogP contribution >= 0.6 is 0 Å². The standard InChI is InChI=1S/C15H22N2O4/c1-11(12-6-5-9-21-12)16-13(18)10-17-8-4-3-7-15(17,2)14(19)20/h5-6,9,11H,3-4,7-8,10H2,1-2H3,(H,16,18)(H,19,20). The normalized spacial score (nSPS) is 24.5. The second kappa shape index (κ2) is 6.30. The Bertz CT molecular complexity index is 500. The van der Waals surface area contributed by atoms with E-state index in [1.165, 1.54) is 0 Å². The molecule has 1 fully saturated rings. The minimum absolute atomic E-state index is 0.0911. The molecule has 0 saturated carbocycles. The van der Waals surface area contributed by atoms with Crippen LogP contribution in [0.25, 0.3) is 0 Å². The van der Waals surface area contributed by atoms with E-state index in [2.05, 4.69) is 5.32 Å². The first-order valence-corrected chi connectivity index (χ1v) is 7.24. The van der Waals surface area contributed by atoms with Gasteiger partial charge in [-0.05, 0) is 51.8 Å². The second-order valence-corrected chi connectivity index (χ2v) is 5.76. The van der Waals surface area contributed by atoms with Gasteiger partial charge in [0.2, 0.25) is 5.91 Å². The fourth-order valence-electron chi connectivity index (χ4n) is 2.74. The highest BCUT2D eigenvalue weighted by atomic mass is 16.4. The molecular formula is C15H22N2O4. The molecule has 0 radical (unpaired) electrons. The van der Waals surface area contributed by atoms with Crippen molar-refractivity contribution < 1.29 is 19.1 Å². The molecule has 21 heavy (non-hydrogen) atoms. The van der Waals surface area contributed by atoms with Gasteiger partial charge in [0.05, 0.1) is 18.8 Å². The summed E-state index contributed by atoms with van der Waals surface area (Å²) < 4.78 is 5.24.